The Morgan fingerprint density at radius 1 is 1.37 bits per heavy atom. The summed E-state index contributed by atoms with van der Waals surface area (Å²) in [5.41, 5.74) is 0.806. The predicted molar refractivity (Wildman–Crippen MR) is 62.8 cm³/mol. The second kappa shape index (κ2) is 5.71. The molecule has 0 bridgehead atoms. The van der Waals surface area contributed by atoms with Crippen molar-refractivity contribution in [3.63, 3.8) is 0 Å². The minimum absolute atomic E-state index is 0.0250. The molecule has 102 valence electrons. The number of amides is 1. The molecule has 1 saturated heterocycles. The highest BCUT2D eigenvalue weighted by molar-refractivity contribution is 5.79. The van der Waals surface area contributed by atoms with Crippen LogP contribution in [0.25, 0.3) is 0 Å². The van der Waals surface area contributed by atoms with Crippen molar-refractivity contribution in [2.75, 3.05) is 6.54 Å². The highest BCUT2D eigenvalue weighted by Gasteiger charge is 2.36. The number of ether oxygens (including phenoxy) is 1. The van der Waals surface area contributed by atoms with Gasteiger partial charge < -0.3 is 19.7 Å². The highest BCUT2D eigenvalue weighted by Crippen LogP contribution is 2.19. The van der Waals surface area contributed by atoms with Gasteiger partial charge in [0.15, 0.2) is 0 Å². The molecule has 1 fully saturated rings. The van der Waals surface area contributed by atoms with Crippen molar-refractivity contribution in [1.82, 2.24) is 4.90 Å². The molecule has 0 saturated carbocycles. The molecule has 6 nitrogen and oxygen atoms in total. The Morgan fingerprint density at radius 2 is 2.05 bits per heavy atom. The number of benzene rings is 1. The van der Waals surface area contributed by atoms with E-state index in [1.165, 1.54) is 0 Å². The van der Waals surface area contributed by atoms with E-state index in [0.29, 0.717) is 0 Å². The van der Waals surface area contributed by atoms with E-state index < -0.39 is 24.2 Å². The van der Waals surface area contributed by atoms with Crippen LogP contribution in [-0.2, 0) is 16.1 Å². The van der Waals surface area contributed by atoms with Gasteiger partial charge in [-0.2, -0.15) is 0 Å². The minimum Gasteiger partial charge on any atom is -0.548 e. The summed E-state index contributed by atoms with van der Waals surface area (Å²) in [6, 6.07) is 7.93. The quantitative estimate of drug-likeness (QED) is 0.795. The van der Waals surface area contributed by atoms with Gasteiger partial charge in [-0.1, -0.05) is 30.3 Å². The first kappa shape index (κ1) is 13.4. The molecule has 1 aromatic carbocycles. The van der Waals surface area contributed by atoms with Gasteiger partial charge in [0, 0.05) is 6.42 Å². The summed E-state index contributed by atoms with van der Waals surface area (Å²) in [7, 11) is 0. The number of aliphatic hydroxyl groups excluding tert-OH is 1. The first-order valence-corrected chi connectivity index (χ1v) is 5.94. The number of rotatable bonds is 3. The van der Waals surface area contributed by atoms with Crippen LogP contribution in [0.2, 0.25) is 0 Å². The summed E-state index contributed by atoms with van der Waals surface area (Å²) in [4.78, 5) is 23.6. The number of carbonyl (C=O) groups is 2. The topological polar surface area (TPSA) is 89.9 Å². The first-order chi connectivity index (χ1) is 9.08. The number of hydrogen-bond donors (Lipinski definition) is 1. The van der Waals surface area contributed by atoms with Crippen LogP contribution >= 0.6 is 0 Å². The van der Waals surface area contributed by atoms with E-state index >= 15 is 0 Å². The third kappa shape index (κ3) is 3.23. The standard InChI is InChI=1S/C13H15NO5/c15-10-6-11(12(16)17)14(7-10)13(18)19-8-9-4-2-1-3-5-9/h1-5,10-11,15H,6-8H2,(H,16,17)/p-1/t10-,11-/m0/s1. The Balaban J connectivity index is 1.94. The second-order valence-corrected chi connectivity index (χ2v) is 4.42. The summed E-state index contributed by atoms with van der Waals surface area (Å²) >= 11 is 0. The number of carboxylic acids is 1. The number of aliphatic carboxylic acids is 1. The van der Waals surface area contributed by atoms with Crippen LogP contribution in [0.1, 0.15) is 12.0 Å². The van der Waals surface area contributed by atoms with Gasteiger partial charge in [0.2, 0.25) is 0 Å². The van der Waals surface area contributed by atoms with Crippen molar-refractivity contribution in [2.24, 2.45) is 0 Å². The maximum Gasteiger partial charge on any atom is 0.410 e. The van der Waals surface area contributed by atoms with Crippen LogP contribution in [0.4, 0.5) is 4.79 Å². The molecule has 2 atom stereocenters. The molecule has 0 aliphatic carbocycles. The van der Waals surface area contributed by atoms with Gasteiger partial charge in [0.25, 0.3) is 0 Å². The average Bonchev–Trinajstić information content (AvgIpc) is 2.79. The van der Waals surface area contributed by atoms with Gasteiger partial charge in [-0.3, -0.25) is 4.90 Å². The van der Waals surface area contributed by atoms with E-state index in [1.807, 2.05) is 18.2 Å². The molecule has 1 heterocycles. The molecule has 1 aromatic rings. The van der Waals surface area contributed by atoms with E-state index in [1.54, 1.807) is 12.1 Å². The number of carbonyl (C=O) groups excluding carboxylic acids is 2. The molecule has 1 aliphatic heterocycles. The van der Waals surface area contributed by atoms with Crippen molar-refractivity contribution < 1.29 is 24.5 Å². The summed E-state index contributed by atoms with van der Waals surface area (Å²) in [5.74, 6) is -1.38. The molecule has 0 aromatic heterocycles. The SMILES string of the molecule is O=C([O-])[C@@H]1C[C@H](O)CN1C(=O)OCc1ccccc1. The molecule has 0 spiro atoms. The van der Waals surface area contributed by atoms with Gasteiger partial charge in [-0.15, -0.1) is 0 Å². The fourth-order valence-electron chi connectivity index (χ4n) is 2.04. The van der Waals surface area contributed by atoms with Crippen LogP contribution in [0.15, 0.2) is 30.3 Å². The molecule has 1 amide bonds. The largest absolute Gasteiger partial charge is 0.548 e. The monoisotopic (exact) mass is 264 g/mol. The van der Waals surface area contributed by atoms with Crippen LogP contribution in [0.3, 0.4) is 0 Å². The number of aliphatic hydroxyl groups is 1. The zero-order valence-electron chi connectivity index (χ0n) is 10.2. The van der Waals surface area contributed by atoms with Crippen molar-refractivity contribution in [3.05, 3.63) is 35.9 Å². The number of carboxylic acid groups (broad SMARTS) is 1. The Hall–Kier alpha value is -2.08. The molecular formula is C13H14NO5-. The third-order valence-corrected chi connectivity index (χ3v) is 2.99. The summed E-state index contributed by atoms with van der Waals surface area (Å²) in [5, 5.41) is 20.3. The molecule has 1 aliphatic rings. The Morgan fingerprint density at radius 3 is 2.68 bits per heavy atom. The number of β-amino-alcohol motifs (C(OH)–C–C–N with tert-alkyl or cyclic N) is 1. The minimum atomic E-state index is -1.38. The number of hydrogen-bond acceptors (Lipinski definition) is 5. The normalized spacial score (nSPS) is 22.3. The molecule has 0 unspecified atom stereocenters. The van der Waals surface area contributed by atoms with Gasteiger partial charge >= 0.3 is 6.09 Å². The lowest BCUT2D eigenvalue weighted by molar-refractivity contribution is -0.310. The van der Waals surface area contributed by atoms with Crippen LogP contribution in [-0.4, -0.2) is 40.8 Å². The van der Waals surface area contributed by atoms with Crippen molar-refractivity contribution >= 4 is 12.1 Å². The fraction of sp³-hybridized carbons (Fsp3) is 0.385. The molecular weight excluding hydrogens is 250 g/mol. The van der Waals surface area contributed by atoms with E-state index in [4.69, 9.17) is 4.74 Å². The second-order valence-electron chi connectivity index (χ2n) is 4.42. The van der Waals surface area contributed by atoms with E-state index in [9.17, 15) is 19.8 Å². The molecule has 19 heavy (non-hydrogen) atoms. The Labute approximate surface area is 110 Å². The van der Waals surface area contributed by atoms with E-state index in [-0.39, 0.29) is 19.6 Å². The lowest BCUT2D eigenvalue weighted by Gasteiger charge is -2.24. The van der Waals surface area contributed by atoms with Gasteiger partial charge in [-0.05, 0) is 5.56 Å². The smallest absolute Gasteiger partial charge is 0.410 e. The predicted octanol–water partition coefficient (Wildman–Crippen LogP) is -0.492. The third-order valence-electron chi connectivity index (χ3n) is 2.99. The maximum atomic E-state index is 11.8. The van der Waals surface area contributed by atoms with Crippen LogP contribution < -0.4 is 5.11 Å². The van der Waals surface area contributed by atoms with Crippen molar-refractivity contribution in [2.45, 2.75) is 25.2 Å². The lowest BCUT2D eigenvalue weighted by Crippen LogP contribution is -2.47. The van der Waals surface area contributed by atoms with Gasteiger partial charge in [-0.25, -0.2) is 4.79 Å². The van der Waals surface area contributed by atoms with E-state index in [0.717, 1.165) is 10.5 Å². The highest BCUT2D eigenvalue weighted by atomic mass is 16.6. The molecule has 6 heteroatoms. The zero-order chi connectivity index (χ0) is 13.8. The van der Waals surface area contributed by atoms with Crippen molar-refractivity contribution in [1.29, 1.82) is 0 Å². The molecule has 1 N–H and O–H groups in total. The van der Waals surface area contributed by atoms with Crippen molar-refractivity contribution in [3.8, 4) is 0 Å². The van der Waals surface area contributed by atoms with Crippen LogP contribution in [0, 0.1) is 0 Å². The van der Waals surface area contributed by atoms with Gasteiger partial charge in [0.05, 0.1) is 24.7 Å². The summed E-state index contributed by atoms with van der Waals surface area (Å²) < 4.78 is 5.03. The van der Waals surface area contributed by atoms with Crippen LogP contribution in [0.5, 0.6) is 0 Å². The molecule has 0 radical (unpaired) electrons. The Bertz CT molecular complexity index is 461. The Kier molecular flexibility index (Phi) is 4.01. The average molecular weight is 264 g/mol. The summed E-state index contributed by atoms with van der Waals surface area (Å²) in [6.07, 6.45) is -1.63. The first-order valence-electron chi connectivity index (χ1n) is 5.94. The maximum absolute atomic E-state index is 11.8. The number of nitrogens with zero attached hydrogens (tertiary/aromatic N) is 1. The zero-order valence-corrected chi connectivity index (χ0v) is 10.2. The molecule has 2 rings (SSSR count). The fourth-order valence-corrected chi connectivity index (χ4v) is 2.04. The van der Waals surface area contributed by atoms with E-state index in [2.05, 4.69) is 0 Å². The van der Waals surface area contributed by atoms with Gasteiger partial charge in [0.1, 0.15) is 6.61 Å². The lowest BCUT2D eigenvalue weighted by atomic mass is 10.2. The summed E-state index contributed by atoms with van der Waals surface area (Å²) in [6.45, 7) is 0.0122. The number of likely N-dealkylation sites (tertiary alicyclic amines) is 1.